The van der Waals surface area contributed by atoms with Crippen LogP contribution >= 0.6 is 0 Å². The Labute approximate surface area is 109 Å². The van der Waals surface area contributed by atoms with E-state index in [-0.39, 0.29) is 5.78 Å². The quantitative estimate of drug-likeness (QED) is 0.694. The normalized spacial score (nSPS) is 11.1. The van der Waals surface area contributed by atoms with Gasteiger partial charge in [0.2, 0.25) is 0 Å². The van der Waals surface area contributed by atoms with E-state index in [1.165, 1.54) is 0 Å². The lowest BCUT2D eigenvalue weighted by Gasteiger charge is -2.06. The van der Waals surface area contributed by atoms with Gasteiger partial charge in [-0.2, -0.15) is 0 Å². The van der Waals surface area contributed by atoms with Crippen LogP contribution in [0.4, 0.5) is 0 Å². The molecule has 1 aromatic carbocycles. The average molecular weight is 247 g/mol. The molecular formula is C15H21NO2. The zero-order valence-corrected chi connectivity index (χ0v) is 11.3. The Morgan fingerprint density at radius 3 is 2.50 bits per heavy atom. The largest absolute Gasteiger partial charge is 0.494 e. The van der Waals surface area contributed by atoms with Crippen molar-refractivity contribution >= 4 is 11.9 Å². The molecule has 0 amide bonds. The standard InChI is InChI=1S/C15H21NO2/c1-4-18-15-9-6-13(7-10-15)5-8-14(17)11-12-16(2)3/h5-10H,4,11-12H2,1-3H3/b8-5+. The predicted molar refractivity (Wildman–Crippen MR) is 74.8 cm³/mol. The van der Waals surface area contributed by atoms with Crippen LogP contribution in [-0.4, -0.2) is 37.9 Å². The molecule has 0 N–H and O–H groups in total. The molecular weight excluding hydrogens is 226 g/mol. The molecule has 3 heteroatoms. The Morgan fingerprint density at radius 1 is 1.28 bits per heavy atom. The molecule has 1 rings (SSSR count). The van der Waals surface area contributed by atoms with Crippen LogP contribution in [0.2, 0.25) is 0 Å². The maximum absolute atomic E-state index is 11.6. The average Bonchev–Trinajstić information content (AvgIpc) is 2.36. The van der Waals surface area contributed by atoms with E-state index in [2.05, 4.69) is 0 Å². The van der Waals surface area contributed by atoms with E-state index in [1.807, 2.05) is 56.3 Å². The van der Waals surface area contributed by atoms with Gasteiger partial charge in [0.05, 0.1) is 6.61 Å². The minimum atomic E-state index is 0.151. The van der Waals surface area contributed by atoms with Gasteiger partial charge in [-0.25, -0.2) is 0 Å². The van der Waals surface area contributed by atoms with E-state index in [9.17, 15) is 4.79 Å². The summed E-state index contributed by atoms with van der Waals surface area (Å²) in [5, 5.41) is 0. The molecule has 0 radical (unpaired) electrons. The molecule has 0 aliphatic heterocycles. The smallest absolute Gasteiger partial charge is 0.156 e. The lowest BCUT2D eigenvalue weighted by molar-refractivity contribution is -0.114. The lowest BCUT2D eigenvalue weighted by atomic mass is 10.1. The summed E-state index contributed by atoms with van der Waals surface area (Å²) in [5.41, 5.74) is 1.01. The summed E-state index contributed by atoms with van der Waals surface area (Å²) in [6, 6.07) is 7.71. The number of hydrogen-bond acceptors (Lipinski definition) is 3. The summed E-state index contributed by atoms with van der Waals surface area (Å²) >= 11 is 0. The molecule has 0 unspecified atom stereocenters. The fourth-order valence-corrected chi connectivity index (χ4v) is 1.45. The molecule has 0 fully saturated rings. The van der Waals surface area contributed by atoms with Crippen LogP contribution in [0.1, 0.15) is 18.9 Å². The number of nitrogens with zero attached hydrogens (tertiary/aromatic N) is 1. The molecule has 0 bridgehead atoms. The van der Waals surface area contributed by atoms with Crippen molar-refractivity contribution in [3.8, 4) is 5.75 Å². The fourth-order valence-electron chi connectivity index (χ4n) is 1.45. The first kappa shape index (κ1) is 14.5. The maximum atomic E-state index is 11.6. The minimum absolute atomic E-state index is 0.151. The molecule has 0 spiro atoms. The third kappa shape index (κ3) is 5.64. The maximum Gasteiger partial charge on any atom is 0.156 e. The van der Waals surface area contributed by atoms with Crippen molar-refractivity contribution in [2.75, 3.05) is 27.2 Å². The summed E-state index contributed by atoms with van der Waals surface area (Å²) < 4.78 is 5.35. The fraction of sp³-hybridized carbons (Fsp3) is 0.400. The molecule has 98 valence electrons. The van der Waals surface area contributed by atoms with Gasteiger partial charge in [-0.15, -0.1) is 0 Å². The second-order valence-corrected chi connectivity index (χ2v) is 4.35. The highest BCUT2D eigenvalue weighted by Gasteiger charge is 1.98. The van der Waals surface area contributed by atoms with Crippen LogP contribution < -0.4 is 4.74 Å². The number of hydrogen-bond donors (Lipinski definition) is 0. The summed E-state index contributed by atoms with van der Waals surface area (Å²) in [6.45, 7) is 3.40. The first-order chi connectivity index (χ1) is 8.61. The second kappa shape index (κ2) is 7.67. The number of rotatable bonds is 7. The van der Waals surface area contributed by atoms with Gasteiger partial charge in [0.15, 0.2) is 5.78 Å². The predicted octanol–water partition coefficient (Wildman–Crippen LogP) is 2.62. The minimum Gasteiger partial charge on any atom is -0.494 e. The van der Waals surface area contributed by atoms with Crippen LogP contribution in [0.15, 0.2) is 30.3 Å². The number of benzene rings is 1. The first-order valence-corrected chi connectivity index (χ1v) is 6.20. The molecule has 0 atom stereocenters. The summed E-state index contributed by atoms with van der Waals surface area (Å²) in [6.07, 6.45) is 4.04. The second-order valence-electron chi connectivity index (χ2n) is 4.35. The highest BCUT2D eigenvalue weighted by Crippen LogP contribution is 2.13. The number of carbonyl (C=O) groups is 1. The van der Waals surface area contributed by atoms with Crippen LogP contribution in [0.5, 0.6) is 5.75 Å². The van der Waals surface area contributed by atoms with Gasteiger partial charge in [0.1, 0.15) is 5.75 Å². The van der Waals surface area contributed by atoms with Crippen LogP contribution in [0.25, 0.3) is 6.08 Å². The number of ether oxygens (including phenoxy) is 1. The SMILES string of the molecule is CCOc1ccc(/C=C/C(=O)CCN(C)C)cc1. The Hall–Kier alpha value is -1.61. The third-order valence-corrected chi connectivity index (χ3v) is 2.46. The van der Waals surface area contributed by atoms with Crippen molar-refractivity contribution in [2.45, 2.75) is 13.3 Å². The molecule has 0 saturated heterocycles. The Morgan fingerprint density at radius 2 is 1.94 bits per heavy atom. The van der Waals surface area contributed by atoms with Gasteiger partial charge in [0, 0.05) is 13.0 Å². The van der Waals surface area contributed by atoms with Crippen molar-refractivity contribution in [1.29, 1.82) is 0 Å². The van der Waals surface area contributed by atoms with E-state index in [1.54, 1.807) is 6.08 Å². The zero-order chi connectivity index (χ0) is 13.4. The molecule has 3 nitrogen and oxygen atoms in total. The summed E-state index contributed by atoms with van der Waals surface area (Å²) in [5.74, 6) is 1.01. The zero-order valence-electron chi connectivity index (χ0n) is 11.3. The first-order valence-electron chi connectivity index (χ1n) is 6.20. The van der Waals surface area contributed by atoms with Gasteiger partial charge in [-0.3, -0.25) is 4.79 Å². The van der Waals surface area contributed by atoms with Crippen LogP contribution in [-0.2, 0) is 4.79 Å². The highest BCUT2D eigenvalue weighted by molar-refractivity contribution is 5.93. The lowest BCUT2D eigenvalue weighted by Crippen LogP contribution is -2.15. The van der Waals surface area contributed by atoms with Gasteiger partial charge in [-0.1, -0.05) is 18.2 Å². The Bertz CT molecular complexity index is 393. The van der Waals surface area contributed by atoms with Crippen LogP contribution in [0.3, 0.4) is 0 Å². The van der Waals surface area contributed by atoms with E-state index < -0.39 is 0 Å². The van der Waals surface area contributed by atoms with E-state index >= 15 is 0 Å². The molecule has 1 aromatic rings. The summed E-state index contributed by atoms with van der Waals surface area (Å²) in [4.78, 5) is 13.6. The topological polar surface area (TPSA) is 29.5 Å². The van der Waals surface area contributed by atoms with Crippen molar-refractivity contribution in [3.63, 3.8) is 0 Å². The Kier molecular flexibility index (Phi) is 6.15. The van der Waals surface area contributed by atoms with Crippen molar-refractivity contribution in [1.82, 2.24) is 4.90 Å². The molecule has 0 aliphatic carbocycles. The van der Waals surface area contributed by atoms with Gasteiger partial charge < -0.3 is 9.64 Å². The molecule has 0 heterocycles. The van der Waals surface area contributed by atoms with E-state index in [0.717, 1.165) is 17.9 Å². The van der Waals surface area contributed by atoms with Crippen molar-refractivity contribution in [3.05, 3.63) is 35.9 Å². The number of allylic oxidation sites excluding steroid dienone is 1. The number of carbonyl (C=O) groups excluding carboxylic acids is 1. The highest BCUT2D eigenvalue weighted by atomic mass is 16.5. The van der Waals surface area contributed by atoms with Crippen molar-refractivity contribution in [2.24, 2.45) is 0 Å². The molecule has 18 heavy (non-hydrogen) atoms. The Balaban J connectivity index is 2.48. The molecule has 0 aromatic heterocycles. The number of ketones is 1. The molecule has 0 aliphatic rings. The van der Waals surface area contributed by atoms with Crippen molar-refractivity contribution < 1.29 is 9.53 Å². The van der Waals surface area contributed by atoms with Gasteiger partial charge in [0.25, 0.3) is 0 Å². The van der Waals surface area contributed by atoms with Gasteiger partial charge in [-0.05, 0) is 44.8 Å². The molecule has 0 saturated carbocycles. The van der Waals surface area contributed by atoms with Crippen LogP contribution in [0, 0.1) is 0 Å². The monoisotopic (exact) mass is 247 g/mol. The third-order valence-electron chi connectivity index (χ3n) is 2.46. The van der Waals surface area contributed by atoms with E-state index in [4.69, 9.17) is 4.74 Å². The van der Waals surface area contributed by atoms with E-state index in [0.29, 0.717) is 13.0 Å². The summed E-state index contributed by atoms with van der Waals surface area (Å²) in [7, 11) is 3.92. The van der Waals surface area contributed by atoms with Gasteiger partial charge >= 0.3 is 0 Å².